The molecule has 0 saturated carbocycles. The molecule has 0 bridgehead atoms. The van der Waals surface area contributed by atoms with Gasteiger partial charge in [0.1, 0.15) is 0 Å². The van der Waals surface area contributed by atoms with E-state index in [2.05, 4.69) is 10.6 Å². The van der Waals surface area contributed by atoms with Gasteiger partial charge >= 0.3 is 0 Å². The normalized spacial score (nSPS) is 11.7. The first kappa shape index (κ1) is 15.2. The number of hydrogen-bond acceptors (Lipinski definition) is 3. The molecule has 5 nitrogen and oxygen atoms in total. The van der Waals surface area contributed by atoms with Gasteiger partial charge in [0.25, 0.3) is 11.8 Å². The maximum Gasteiger partial charge on any atom is 0.251 e. The van der Waals surface area contributed by atoms with E-state index in [9.17, 15) is 14.7 Å². The molecule has 104 valence electrons. The zero-order valence-corrected chi connectivity index (χ0v) is 11.3. The molecular formula is C14H20N2O3. The maximum absolute atomic E-state index is 11.9. The van der Waals surface area contributed by atoms with Gasteiger partial charge in [-0.05, 0) is 24.6 Å². The van der Waals surface area contributed by atoms with Gasteiger partial charge in [-0.15, -0.1) is 0 Å². The molecule has 0 fully saturated rings. The summed E-state index contributed by atoms with van der Waals surface area (Å²) < 4.78 is 0. The minimum Gasteiger partial charge on any atom is -0.391 e. The van der Waals surface area contributed by atoms with E-state index in [0.29, 0.717) is 17.5 Å². The summed E-state index contributed by atoms with van der Waals surface area (Å²) in [6, 6.07) is 6.46. The summed E-state index contributed by atoms with van der Waals surface area (Å²) in [5.74, 6) is -0.526. The SMILES string of the molecule is CCCC(O)CNC(=O)c1cccc(C(=O)NC)c1. The monoisotopic (exact) mass is 264 g/mol. The Balaban J connectivity index is 2.64. The molecule has 0 heterocycles. The minimum absolute atomic E-state index is 0.219. The van der Waals surface area contributed by atoms with Crippen LogP contribution in [0.3, 0.4) is 0 Å². The Bertz CT molecular complexity index is 446. The molecule has 5 heteroatoms. The van der Waals surface area contributed by atoms with Gasteiger partial charge in [0.15, 0.2) is 0 Å². The molecule has 0 aliphatic heterocycles. The maximum atomic E-state index is 11.9. The summed E-state index contributed by atoms with van der Waals surface area (Å²) >= 11 is 0. The lowest BCUT2D eigenvalue weighted by atomic mass is 10.1. The Morgan fingerprint density at radius 2 is 1.89 bits per heavy atom. The number of nitrogens with one attached hydrogen (secondary N) is 2. The highest BCUT2D eigenvalue weighted by Crippen LogP contribution is 2.05. The zero-order chi connectivity index (χ0) is 14.3. The Labute approximate surface area is 113 Å². The molecule has 0 aliphatic rings. The van der Waals surface area contributed by atoms with Gasteiger partial charge < -0.3 is 15.7 Å². The third-order valence-corrected chi connectivity index (χ3v) is 2.73. The van der Waals surface area contributed by atoms with Crippen molar-refractivity contribution in [2.75, 3.05) is 13.6 Å². The van der Waals surface area contributed by atoms with Crippen LogP contribution in [0.5, 0.6) is 0 Å². The largest absolute Gasteiger partial charge is 0.391 e. The van der Waals surface area contributed by atoms with Gasteiger partial charge in [0.05, 0.1) is 6.10 Å². The summed E-state index contributed by atoms with van der Waals surface area (Å²) in [6.07, 6.45) is 0.984. The van der Waals surface area contributed by atoms with Crippen LogP contribution in [-0.4, -0.2) is 36.6 Å². The number of benzene rings is 1. The third kappa shape index (κ3) is 4.71. The Morgan fingerprint density at radius 3 is 2.47 bits per heavy atom. The summed E-state index contributed by atoms with van der Waals surface area (Å²) in [5, 5.41) is 14.7. The number of aliphatic hydroxyl groups excluding tert-OH is 1. The fourth-order valence-electron chi connectivity index (χ4n) is 1.69. The zero-order valence-electron chi connectivity index (χ0n) is 11.3. The van der Waals surface area contributed by atoms with E-state index in [-0.39, 0.29) is 18.4 Å². The van der Waals surface area contributed by atoms with Gasteiger partial charge in [-0.2, -0.15) is 0 Å². The average molecular weight is 264 g/mol. The summed E-state index contributed by atoms with van der Waals surface area (Å²) in [6.45, 7) is 2.19. The number of carbonyl (C=O) groups excluding carboxylic acids is 2. The second-order valence-electron chi connectivity index (χ2n) is 4.31. The van der Waals surface area contributed by atoms with Crippen molar-refractivity contribution in [1.82, 2.24) is 10.6 Å². The van der Waals surface area contributed by atoms with Crippen molar-refractivity contribution < 1.29 is 14.7 Å². The molecule has 0 aliphatic carbocycles. The van der Waals surface area contributed by atoms with E-state index < -0.39 is 6.10 Å². The highest BCUT2D eigenvalue weighted by molar-refractivity contribution is 5.99. The minimum atomic E-state index is -0.531. The topological polar surface area (TPSA) is 78.4 Å². The van der Waals surface area contributed by atoms with Crippen molar-refractivity contribution in [3.05, 3.63) is 35.4 Å². The smallest absolute Gasteiger partial charge is 0.251 e. The molecule has 1 aromatic carbocycles. The molecule has 1 atom stereocenters. The number of aliphatic hydroxyl groups is 1. The average Bonchev–Trinajstić information content (AvgIpc) is 2.44. The first-order valence-electron chi connectivity index (χ1n) is 6.36. The van der Waals surface area contributed by atoms with Gasteiger partial charge in [0, 0.05) is 24.7 Å². The van der Waals surface area contributed by atoms with Crippen LogP contribution in [0.2, 0.25) is 0 Å². The molecule has 1 aromatic rings. The molecule has 0 saturated heterocycles. The first-order chi connectivity index (χ1) is 9.08. The molecule has 0 radical (unpaired) electrons. The lowest BCUT2D eigenvalue weighted by Crippen LogP contribution is -2.32. The van der Waals surface area contributed by atoms with Crippen molar-refractivity contribution >= 4 is 11.8 Å². The quantitative estimate of drug-likeness (QED) is 0.715. The van der Waals surface area contributed by atoms with Crippen LogP contribution in [-0.2, 0) is 0 Å². The molecular weight excluding hydrogens is 244 g/mol. The van der Waals surface area contributed by atoms with Crippen molar-refractivity contribution in [2.24, 2.45) is 0 Å². The number of hydrogen-bond donors (Lipinski definition) is 3. The van der Waals surface area contributed by atoms with E-state index in [0.717, 1.165) is 6.42 Å². The number of amides is 2. The van der Waals surface area contributed by atoms with E-state index in [1.54, 1.807) is 18.2 Å². The predicted molar refractivity (Wildman–Crippen MR) is 73.1 cm³/mol. The van der Waals surface area contributed by atoms with E-state index in [1.807, 2.05) is 6.92 Å². The molecule has 2 amide bonds. The van der Waals surface area contributed by atoms with Crippen molar-refractivity contribution in [1.29, 1.82) is 0 Å². The second-order valence-corrected chi connectivity index (χ2v) is 4.31. The third-order valence-electron chi connectivity index (χ3n) is 2.73. The highest BCUT2D eigenvalue weighted by atomic mass is 16.3. The van der Waals surface area contributed by atoms with Crippen molar-refractivity contribution in [3.8, 4) is 0 Å². The van der Waals surface area contributed by atoms with Crippen LogP contribution in [0, 0.1) is 0 Å². The summed E-state index contributed by atoms with van der Waals surface area (Å²) in [7, 11) is 1.54. The predicted octanol–water partition coefficient (Wildman–Crippen LogP) is 0.937. The van der Waals surface area contributed by atoms with Crippen molar-refractivity contribution in [2.45, 2.75) is 25.9 Å². The molecule has 1 unspecified atom stereocenters. The van der Waals surface area contributed by atoms with Gasteiger partial charge in [-0.3, -0.25) is 9.59 Å². The molecule has 0 aromatic heterocycles. The molecule has 19 heavy (non-hydrogen) atoms. The molecule has 1 rings (SSSR count). The highest BCUT2D eigenvalue weighted by Gasteiger charge is 2.10. The van der Waals surface area contributed by atoms with E-state index >= 15 is 0 Å². The van der Waals surface area contributed by atoms with Crippen LogP contribution in [0.25, 0.3) is 0 Å². The first-order valence-corrected chi connectivity index (χ1v) is 6.36. The Morgan fingerprint density at radius 1 is 1.26 bits per heavy atom. The fourth-order valence-corrected chi connectivity index (χ4v) is 1.69. The van der Waals surface area contributed by atoms with Crippen LogP contribution in [0.1, 0.15) is 40.5 Å². The van der Waals surface area contributed by atoms with Crippen molar-refractivity contribution in [3.63, 3.8) is 0 Å². The number of rotatable bonds is 6. The van der Waals surface area contributed by atoms with Gasteiger partial charge in [-0.25, -0.2) is 0 Å². The molecule has 0 spiro atoms. The fraction of sp³-hybridized carbons (Fsp3) is 0.429. The summed E-state index contributed by atoms with van der Waals surface area (Å²) in [4.78, 5) is 23.3. The Kier molecular flexibility index (Phi) is 6.02. The standard InChI is InChI=1S/C14H20N2O3/c1-3-5-12(17)9-16-14(19)11-7-4-6-10(8-11)13(18)15-2/h4,6-8,12,17H,3,5,9H2,1-2H3,(H,15,18)(H,16,19). The van der Waals surface area contributed by atoms with Crippen LogP contribution in [0.4, 0.5) is 0 Å². The lowest BCUT2D eigenvalue weighted by molar-refractivity contribution is 0.0910. The van der Waals surface area contributed by atoms with E-state index in [4.69, 9.17) is 0 Å². The lowest BCUT2D eigenvalue weighted by Gasteiger charge is -2.11. The molecule has 3 N–H and O–H groups in total. The van der Waals surface area contributed by atoms with Crippen LogP contribution >= 0.6 is 0 Å². The summed E-state index contributed by atoms with van der Waals surface area (Å²) in [5.41, 5.74) is 0.842. The van der Waals surface area contributed by atoms with E-state index in [1.165, 1.54) is 13.1 Å². The number of carbonyl (C=O) groups is 2. The second kappa shape index (κ2) is 7.53. The van der Waals surface area contributed by atoms with Crippen LogP contribution in [0.15, 0.2) is 24.3 Å². The van der Waals surface area contributed by atoms with Gasteiger partial charge in [0.2, 0.25) is 0 Å². The Hall–Kier alpha value is -1.88. The van der Waals surface area contributed by atoms with Gasteiger partial charge in [-0.1, -0.05) is 19.4 Å². The van der Waals surface area contributed by atoms with Crippen LogP contribution < -0.4 is 10.6 Å².